The van der Waals surface area contributed by atoms with E-state index < -0.39 is 0 Å². The van der Waals surface area contributed by atoms with E-state index >= 15 is 0 Å². The van der Waals surface area contributed by atoms with Crippen LogP contribution in [0.2, 0.25) is 0 Å². The fraction of sp³-hybridized carbons (Fsp3) is 0.571. The molecule has 1 aromatic carbocycles. The highest BCUT2D eigenvalue weighted by Gasteiger charge is 2.22. The summed E-state index contributed by atoms with van der Waals surface area (Å²) in [6.45, 7) is 6.42. The van der Waals surface area contributed by atoms with Gasteiger partial charge >= 0.3 is 0 Å². The van der Waals surface area contributed by atoms with Gasteiger partial charge in [-0.05, 0) is 36.5 Å². The quantitative estimate of drug-likeness (QED) is 0.566. The van der Waals surface area contributed by atoms with E-state index in [2.05, 4.69) is 39.2 Å². The Balaban J connectivity index is 1.62. The maximum absolute atomic E-state index is 13.1. The summed E-state index contributed by atoms with van der Waals surface area (Å²) in [4.78, 5) is 4.75. The van der Waals surface area contributed by atoms with Crippen molar-refractivity contribution in [1.82, 2.24) is 25.4 Å². The van der Waals surface area contributed by atoms with Gasteiger partial charge in [-0.2, -0.15) is 0 Å². The molecule has 7 heteroatoms. The Morgan fingerprint density at radius 2 is 2.04 bits per heavy atom. The van der Waals surface area contributed by atoms with Crippen molar-refractivity contribution in [3.05, 3.63) is 47.8 Å². The van der Waals surface area contributed by atoms with Crippen LogP contribution in [0.5, 0.6) is 0 Å². The summed E-state index contributed by atoms with van der Waals surface area (Å²) < 4.78 is 15.2. The lowest BCUT2D eigenvalue weighted by molar-refractivity contribution is 0.306. The zero-order chi connectivity index (χ0) is 19.8. The van der Waals surface area contributed by atoms with Crippen molar-refractivity contribution in [1.29, 1.82) is 0 Å². The predicted octanol–water partition coefficient (Wildman–Crippen LogP) is 3.29. The van der Waals surface area contributed by atoms with E-state index in [9.17, 15) is 4.39 Å². The number of nitrogens with zero attached hydrogens (tertiary/aromatic N) is 4. The Hall–Kier alpha value is -2.44. The topological polar surface area (TPSA) is 67.1 Å². The summed E-state index contributed by atoms with van der Waals surface area (Å²) in [5, 5.41) is 15.2. The maximum Gasteiger partial charge on any atom is 0.191 e. The highest BCUT2D eigenvalue weighted by molar-refractivity contribution is 5.80. The van der Waals surface area contributed by atoms with E-state index in [1.165, 1.54) is 37.8 Å². The SMILES string of the molecule is CCc1nncn1CCNC(=NCc1ccc(F)cc1)NC1CCCCC1C. The molecular weight excluding hydrogens is 355 g/mol. The first-order chi connectivity index (χ1) is 13.7. The highest BCUT2D eigenvalue weighted by atomic mass is 19.1. The number of aromatic nitrogens is 3. The third kappa shape index (κ3) is 5.78. The second-order valence-electron chi connectivity index (χ2n) is 7.52. The molecule has 0 amide bonds. The molecule has 1 aromatic heterocycles. The van der Waals surface area contributed by atoms with Gasteiger partial charge in [0.2, 0.25) is 0 Å². The Morgan fingerprint density at radius 1 is 1.25 bits per heavy atom. The number of aryl methyl sites for hydroxylation is 1. The molecule has 1 aliphatic rings. The average Bonchev–Trinajstić information content (AvgIpc) is 3.16. The van der Waals surface area contributed by atoms with Crippen LogP contribution in [0.1, 0.15) is 50.9 Å². The summed E-state index contributed by atoms with van der Waals surface area (Å²) in [6, 6.07) is 6.96. The van der Waals surface area contributed by atoms with Crippen molar-refractivity contribution < 1.29 is 4.39 Å². The first-order valence-electron chi connectivity index (χ1n) is 10.3. The Morgan fingerprint density at radius 3 is 2.79 bits per heavy atom. The molecule has 0 spiro atoms. The maximum atomic E-state index is 13.1. The zero-order valence-electron chi connectivity index (χ0n) is 16.9. The molecule has 2 unspecified atom stereocenters. The van der Waals surface area contributed by atoms with Gasteiger partial charge < -0.3 is 15.2 Å². The molecule has 0 aliphatic heterocycles. The first kappa shape index (κ1) is 20.3. The summed E-state index contributed by atoms with van der Waals surface area (Å²) in [6.07, 6.45) is 7.62. The van der Waals surface area contributed by atoms with Gasteiger partial charge in [-0.15, -0.1) is 10.2 Å². The molecule has 1 fully saturated rings. The van der Waals surface area contributed by atoms with E-state index in [0.29, 0.717) is 18.5 Å². The van der Waals surface area contributed by atoms with Gasteiger partial charge in [0.25, 0.3) is 0 Å². The zero-order valence-corrected chi connectivity index (χ0v) is 16.9. The minimum Gasteiger partial charge on any atom is -0.355 e. The largest absolute Gasteiger partial charge is 0.355 e. The second kappa shape index (κ2) is 10.2. The minimum absolute atomic E-state index is 0.221. The van der Waals surface area contributed by atoms with Crippen molar-refractivity contribution in [2.75, 3.05) is 6.54 Å². The van der Waals surface area contributed by atoms with Crippen LogP contribution in [0.3, 0.4) is 0 Å². The van der Waals surface area contributed by atoms with E-state index in [0.717, 1.165) is 36.9 Å². The van der Waals surface area contributed by atoms with Crippen molar-refractivity contribution in [2.45, 2.75) is 65.1 Å². The van der Waals surface area contributed by atoms with Crippen LogP contribution in [0.4, 0.5) is 4.39 Å². The Kier molecular flexibility index (Phi) is 7.39. The Labute approximate surface area is 166 Å². The van der Waals surface area contributed by atoms with Gasteiger partial charge in [0.15, 0.2) is 5.96 Å². The van der Waals surface area contributed by atoms with Crippen LogP contribution in [0.15, 0.2) is 35.6 Å². The molecule has 1 heterocycles. The molecule has 1 saturated carbocycles. The second-order valence-corrected chi connectivity index (χ2v) is 7.52. The van der Waals surface area contributed by atoms with Crippen LogP contribution in [0, 0.1) is 11.7 Å². The Bertz CT molecular complexity index is 755. The summed E-state index contributed by atoms with van der Waals surface area (Å²) >= 11 is 0. The highest BCUT2D eigenvalue weighted by Crippen LogP contribution is 2.23. The molecule has 2 aromatic rings. The summed E-state index contributed by atoms with van der Waals surface area (Å²) in [7, 11) is 0. The number of aliphatic imine (C=N–C) groups is 1. The van der Waals surface area contributed by atoms with Crippen molar-refractivity contribution in [2.24, 2.45) is 10.9 Å². The number of guanidine groups is 1. The van der Waals surface area contributed by atoms with Gasteiger partial charge in [-0.3, -0.25) is 0 Å². The van der Waals surface area contributed by atoms with E-state index in [1.807, 2.05) is 0 Å². The molecule has 0 bridgehead atoms. The minimum atomic E-state index is -0.221. The van der Waals surface area contributed by atoms with Crippen molar-refractivity contribution in [3.8, 4) is 0 Å². The van der Waals surface area contributed by atoms with Gasteiger partial charge in [0, 0.05) is 25.6 Å². The average molecular weight is 387 g/mol. The predicted molar refractivity (Wildman–Crippen MR) is 109 cm³/mol. The number of halogens is 1. The van der Waals surface area contributed by atoms with Gasteiger partial charge in [0.05, 0.1) is 6.54 Å². The van der Waals surface area contributed by atoms with Crippen molar-refractivity contribution >= 4 is 5.96 Å². The van der Waals surface area contributed by atoms with Crippen molar-refractivity contribution in [3.63, 3.8) is 0 Å². The fourth-order valence-corrected chi connectivity index (χ4v) is 3.65. The molecule has 2 atom stereocenters. The lowest BCUT2D eigenvalue weighted by atomic mass is 9.86. The molecule has 152 valence electrons. The number of hydrogen-bond donors (Lipinski definition) is 2. The number of rotatable bonds is 7. The van der Waals surface area contributed by atoms with Crippen LogP contribution < -0.4 is 10.6 Å². The van der Waals surface area contributed by atoms with E-state index in [-0.39, 0.29) is 5.82 Å². The number of nitrogens with one attached hydrogen (secondary N) is 2. The van der Waals surface area contributed by atoms with Gasteiger partial charge in [-0.1, -0.05) is 38.8 Å². The standard InChI is InChI=1S/C21H31FN6/c1-3-20-27-25-15-28(20)13-12-23-21(26-19-7-5-4-6-16(19)2)24-14-17-8-10-18(22)11-9-17/h8-11,15-16,19H,3-7,12-14H2,1-2H3,(H2,23,24,26). The summed E-state index contributed by atoms with van der Waals surface area (Å²) in [5.74, 6) is 2.21. The molecule has 1 aliphatic carbocycles. The first-order valence-corrected chi connectivity index (χ1v) is 10.3. The molecule has 3 rings (SSSR count). The lowest BCUT2D eigenvalue weighted by Gasteiger charge is -2.31. The van der Waals surface area contributed by atoms with Crippen LogP contribution in [0.25, 0.3) is 0 Å². The molecule has 6 nitrogen and oxygen atoms in total. The van der Waals surface area contributed by atoms with Gasteiger partial charge in [0.1, 0.15) is 18.0 Å². The third-order valence-corrected chi connectivity index (χ3v) is 5.42. The normalized spacial score (nSPS) is 20.2. The van der Waals surface area contributed by atoms with Crippen LogP contribution in [-0.2, 0) is 19.5 Å². The van der Waals surface area contributed by atoms with Gasteiger partial charge in [-0.25, -0.2) is 9.38 Å². The molecule has 28 heavy (non-hydrogen) atoms. The third-order valence-electron chi connectivity index (χ3n) is 5.42. The molecule has 0 saturated heterocycles. The van der Waals surface area contributed by atoms with E-state index in [4.69, 9.17) is 4.99 Å². The molecule has 2 N–H and O–H groups in total. The van der Waals surface area contributed by atoms with Crippen LogP contribution in [-0.4, -0.2) is 33.3 Å². The smallest absolute Gasteiger partial charge is 0.191 e. The lowest BCUT2D eigenvalue weighted by Crippen LogP contribution is -2.47. The van der Waals surface area contributed by atoms with E-state index in [1.54, 1.807) is 18.5 Å². The van der Waals surface area contributed by atoms with Crippen LogP contribution >= 0.6 is 0 Å². The fourth-order valence-electron chi connectivity index (χ4n) is 3.65. The molecular formula is C21H31FN6. The summed E-state index contributed by atoms with van der Waals surface area (Å²) in [5.41, 5.74) is 0.992. The monoisotopic (exact) mass is 386 g/mol. The number of hydrogen-bond acceptors (Lipinski definition) is 3. The molecule has 0 radical (unpaired) electrons. The number of benzene rings is 1.